The molecule has 3 rings (SSSR count). The van der Waals surface area contributed by atoms with E-state index in [1.54, 1.807) is 0 Å². The average Bonchev–Trinajstić information content (AvgIpc) is 2.85. The molecule has 0 radical (unpaired) electrons. The fourth-order valence-electron chi connectivity index (χ4n) is 3.41. The van der Waals surface area contributed by atoms with E-state index in [2.05, 4.69) is 10.3 Å². The third-order valence-corrected chi connectivity index (χ3v) is 5.65. The lowest BCUT2D eigenvalue weighted by Crippen LogP contribution is -2.43. The number of carboxylic acid groups (broad SMARTS) is 1. The Balaban J connectivity index is 1.60. The van der Waals surface area contributed by atoms with Crippen LogP contribution < -0.4 is 21.5 Å². The van der Waals surface area contributed by atoms with E-state index in [0.717, 1.165) is 24.3 Å². The number of nitrogens with one attached hydrogen (secondary N) is 1. The first-order valence-corrected chi connectivity index (χ1v) is 11.6. The molecule has 0 heterocycles. The van der Waals surface area contributed by atoms with Crippen LogP contribution in [0.25, 0.3) is 0 Å². The number of rotatable bonds is 9. The zero-order valence-electron chi connectivity index (χ0n) is 20.0. The van der Waals surface area contributed by atoms with Crippen LogP contribution in [0, 0.1) is 0 Å². The number of nitrogens with zero attached hydrogens (tertiary/aromatic N) is 1. The van der Waals surface area contributed by atoms with Crippen LogP contribution >= 0.6 is 11.6 Å². The highest BCUT2D eigenvalue weighted by molar-refractivity contribution is 6.31. The third kappa shape index (κ3) is 8.47. The Morgan fingerprint density at radius 3 is 2.18 bits per heavy atom. The van der Waals surface area contributed by atoms with Gasteiger partial charge >= 0.3 is 18.1 Å². The van der Waals surface area contributed by atoms with E-state index >= 15 is 0 Å². The summed E-state index contributed by atoms with van der Waals surface area (Å²) in [6.07, 6.45) is -5.04. The Morgan fingerprint density at radius 1 is 1.00 bits per heavy atom. The van der Waals surface area contributed by atoms with Crippen molar-refractivity contribution in [2.45, 2.75) is 25.1 Å². The summed E-state index contributed by atoms with van der Waals surface area (Å²) in [6, 6.07) is 12.8. The number of hydrogen-bond acceptors (Lipinski definition) is 5. The number of carbonyl (C=O) groups excluding carboxylic acids is 2. The number of esters is 1. The SMILES string of the molecule is NC(N)=Nc1ccc(C(=O)Oc2ccc(CC(=O)NC(Cc3ccc(C(F)(F)F)cc3)C(=O)O)c(Cl)c2)cc1. The molecule has 39 heavy (non-hydrogen) atoms. The van der Waals surface area contributed by atoms with Crippen LogP contribution in [0.5, 0.6) is 5.75 Å². The summed E-state index contributed by atoms with van der Waals surface area (Å²) in [5, 5.41) is 11.9. The largest absolute Gasteiger partial charge is 0.480 e. The van der Waals surface area contributed by atoms with Crippen molar-refractivity contribution in [3.8, 4) is 5.75 Å². The quantitative estimate of drug-likeness (QED) is 0.133. The normalized spacial score (nSPS) is 11.8. The van der Waals surface area contributed by atoms with Crippen LogP contribution in [0.1, 0.15) is 27.0 Å². The Morgan fingerprint density at radius 2 is 1.64 bits per heavy atom. The lowest BCUT2D eigenvalue weighted by atomic mass is 10.0. The number of aliphatic carboxylic acids is 1. The van der Waals surface area contributed by atoms with Gasteiger partial charge in [0.05, 0.1) is 23.2 Å². The number of halogens is 4. The van der Waals surface area contributed by atoms with Gasteiger partial charge in [0.25, 0.3) is 0 Å². The molecular formula is C26H22ClF3N4O5. The molecule has 0 saturated heterocycles. The number of aliphatic imine (C=N–C) groups is 1. The van der Waals surface area contributed by atoms with Gasteiger partial charge in [0.1, 0.15) is 11.8 Å². The molecule has 6 N–H and O–H groups in total. The van der Waals surface area contributed by atoms with Gasteiger partial charge < -0.3 is 26.6 Å². The molecule has 0 aliphatic carbocycles. The molecular weight excluding hydrogens is 541 g/mol. The third-order valence-electron chi connectivity index (χ3n) is 5.30. The van der Waals surface area contributed by atoms with E-state index in [-0.39, 0.29) is 35.1 Å². The number of carbonyl (C=O) groups is 3. The molecule has 0 aromatic heterocycles. The second-order valence-electron chi connectivity index (χ2n) is 8.26. The van der Waals surface area contributed by atoms with Crippen molar-refractivity contribution < 1.29 is 37.4 Å². The highest BCUT2D eigenvalue weighted by Crippen LogP contribution is 2.29. The van der Waals surface area contributed by atoms with Crippen LogP contribution in [-0.4, -0.2) is 35.0 Å². The average molecular weight is 563 g/mol. The van der Waals surface area contributed by atoms with Gasteiger partial charge in [0.2, 0.25) is 5.91 Å². The van der Waals surface area contributed by atoms with Crippen molar-refractivity contribution in [2.24, 2.45) is 16.5 Å². The molecule has 3 aromatic carbocycles. The minimum atomic E-state index is -4.52. The van der Waals surface area contributed by atoms with Gasteiger partial charge in [-0.2, -0.15) is 13.2 Å². The van der Waals surface area contributed by atoms with E-state index in [4.69, 9.17) is 27.8 Å². The molecule has 9 nitrogen and oxygen atoms in total. The summed E-state index contributed by atoms with van der Waals surface area (Å²) >= 11 is 6.23. The Kier molecular flexibility index (Phi) is 9.15. The topological polar surface area (TPSA) is 157 Å². The number of ether oxygens (including phenoxy) is 1. The molecule has 0 saturated carbocycles. The van der Waals surface area contributed by atoms with Gasteiger partial charge in [-0.3, -0.25) is 4.79 Å². The summed E-state index contributed by atoms with van der Waals surface area (Å²) in [6.45, 7) is 0. The Bertz CT molecular complexity index is 1390. The number of amides is 1. The summed E-state index contributed by atoms with van der Waals surface area (Å²) in [4.78, 5) is 40.4. The summed E-state index contributed by atoms with van der Waals surface area (Å²) in [5.74, 6) is -2.75. The summed E-state index contributed by atoms with van der Waals surface area (Å²) in [5.41, 5.74) is 11.0. The van der Waals surface area contributed by atoms with Gasteiger partial charge in [-0.05, 0) is 59.7 Å². The zero-order chi connectivity index (χ0) is 28.7. The number of hydrogen-bond donors (Lipinski definition) is 4. The summed E-state index contributed by atoms with van der Waals surface area (Å²) < 4.78 is 43.5. The first-order valence-electron chi connectivity index (χ1n) is 11.2. The lowest BCUT2D eigenvalue weighted by Gasteiger charge is -2.16. The number of carboxylic acids is 1. The molecule has 0 fully saturated rings. The fraction of sp³-hybridized carbons (Fsp3) is 0.154. The standard InChI is InChI=1S/C26H22ClF3N4O5/c27-20-13-19(39-24(38)15-3-8-18(9-4-15)33-25(31)32)10-5-16(20)12-22(35)34-21(23(36)37)11-14-1-6-17(7-2-14)26(28,29)30/h1-10,13,21H,11-12H2,(H,34,35)(H,36,37)(H4,31,32,33). The van der Waals surface area contributed by atoms with Crippen LogP contribution in [0.15, 0.2) is 71.7 Å². The van der Waals surface area contributed by atoms with Crippen molar-refractivity contribution in [3.05, 3.63) is 94.0 Å². The smallest absolute Gasteiger partial charge is 0.416 e. The minimum Gasteiger partial charge on any atom is -0.480 e. The zero-order valence-corrected chi connectivity index (χ0v) is 20.8. The molecule has 1 atom stereocenters. The Labute approximate surface area is 225 Å². The van der Waals surface area contributed by atoms with Crippen molar-refractivity contribution in [1.82, 2.24) is 5.32 Å². The van der Waals surface area contributed by atoms with E-state index in [0.29, 0.717) is 16.8 Å². The molecule has 1 unspecified atom stereocenters. The van der Waals surface area contributed by atoms with Gasteiger partial charge in [-0.1, -0.05) is 29.8 Å². The molecule has 0 spiro atoms. The first kappa shape index (κ1) is 29.0. The maximum absolute atomic E-state index is 12.7. The Hall–Kier alpha value is -4.58. The maximum atomic E-state index is 12.7. The van der Waals surface area contributed by atoms with Gasteiger partial charge in [-0.25, -0.2) is 14.6 Å². The molecule has 204 valence electrons. The predicted octanol–water partition coefficient (Wildman–Crippen LogP) is 3.84. The monoisotopic (exact) mass is 562 g/mol. The minimum absolute atomic E-state index is 0.0909. The highest BCUT2D eigenvalue weighted by Gasteiger charge is 2.30. The molecule has 1 amide bonds. The lowest BCUT2D eigenvalue weighted by molar-refractivity contribution is -0.141. The van der Waals surface area contributed by atoms with Crippen molar-refractivity contribution >= 4 is 41.1 Å². The van der Waals surface area contributed by atoms with Crippen molar-refractivity contribution in [2.75, 3.05) is 0 Å². The molecule has 13 heteroatoms. The number of guanidine groups is 1. The molecule has 0 aliphatic heterocycles. The predicted molar refractivity (Wildman–Crippen MR) is 137 cm³/mol. The van der Waals surface area contributed by atoms with Crippen LogP contribution in [-0.2, 0) is 28.6 Å². The van der Waals surface area contributed by atoms with E-state index in [1.807, 2.05) is 0 Å². The van der Waals surface area contributed by atoms with E-state index in [1.165, 1.54) is 42.5 Å². The molecule has 0 aliphatic rings. The van der Waals surface area contributed by atoms with E-state index in [9.17, 15) is 32.7 Å². The fourth-order valence-corrected chi connectivity index (χ4v) is 3.64. The van der Waals surface area contributed by atoms with Crippen molar-refractivity contribution in [1.29, 1.82) is 0 Å². The number of nitrogens with two attached hydrogens (primary N) is 2. The van der Waals surface area contributed by atoms with Crippen LogP contribution in [0.2, 0.25) is 5.02 Å². The van der Waals surface area contributed by atoms with E-state index < -0.39 is 35.6 Å². The van der Waals surface area contributed by atoms with Crippen molar-refractivity contribution in [3.63, 3.8) is 0 Å². The number of benzene rings is 3. The van der Waals surface area contributed by atoms with Gasteiger partial charge in [0.15, 0.2) is 5.96 Å². The molecule has 3 aromatic rings. The highest BCUT2D eigenvalue weighted by atomic mass is 35.5. The van der Waals surface area contributed by atoms with Crippen LogP contribution in [0.4, 0.5) is 18.9 Å². The second kappa shape index (κ2) is 12.3. The number of alkyl halides is 3. The molecule has 0 bridgehead atoms. The first-order chi connectivity index (χ1) is 18.3. The van der Waals surface area contributed by atoms with Crippen LogP contribution in [0.3, 0.4) is 0 Å². The summed E-state index contributed by atoms with van der Waals surface area (Å²) in [7, 11) is 0. The van der Waals surface area contributed by atoms with Gasteiger partial charge in [-0.15, -0.1) is 0 Å². The second-order valence-corrected chi connectivity index (χ2v) is 8.67. The van der Waals surface area contributed by atoms with Gasteiger partial charge in [0, 0.05) is 11.4 Å². The maximum Gasteiger partial charge on any atom is 0.416 e.